The van der Waals surface area contributed by atoms with E-state index in [4.69, 9.17) is 23.2 Å². The highest BCUT2D eigenvalue weighted by atomic mass is 35.5. The summed E-state index contributed by atoms with van der Waals surface area (Å²) in [6, 6.07) is 15.8. The van der Waals surface area contributed by atoms with Crippen LogP contribution in [0.15, 0.2) is 54.7 Å². The predicted octanol–water partition coefficient (Wildman–Crippen LogP) is 4.90. The first-order valence-corrected chi connectivity index (χ1v) is 7.47. The summed E-state index contributed by atoms with van der Waals surface area (Å²) in [5.74, 6) is 0.960. The number of aromatic amines is 1. The molecule has 2 nitrogen and oxygen atoms in total. The van der Waals surface area contributed by atoms with Gasteiger partial charge in [-0.1, -0.05) is 59.6 Å². The smallest absolute Gasteiger partial charge is 0.110 e. The van der Waals surface area contributed by atoms with Crippen LogP contribution in [0.2, 0.25) is 10.0 Å². The van der Waals surface area contributed by atoms with Crippen LogP contribution in [0.4, 0.5) is 0 Å². The molecule has 0 spiro atoms. The van der Waals surface area contributed by atoms with Crippen LogP contribution in [0.25, 0.3) is 0 Å². The molecular weight excluding hydrogens is 303 g/mol. The Morgan fingerprint density at radius 2 is 1.76 bits per heavy atom. The maximum atomic E-state index is 6.20. The largest absolute Gasteiger partial charge is 0.345 e. The Kier molecular flexibility index (Phi) is 4.28. The van der Waals surface area contributed by atoms with E-state index in [9.17, 15) is 0 Å². The topological polar surface area (TPSA) is 28.7 Å². The van der Waals surface area contributed by atoms with E-state index < -0.39 is 0 Å². The van der Waals surface area contributed by atoms with Crippen LogP contribution in [-0.4, -0.2) is 9.97 Å². The second kappa shape index (κ2) is 6.33. The van der Waals surface area contributed by atoms with E-state index in [0.29, 0.717) is 10.0 Å². The van der Waals surface area contributed by atoms with Crippen LogP contribution < -0.4 is 0 Å². The number of hydrogen-bond acceptors (Lipinski definition) is 1. The quantitative estimate of drug-likeness (QED) is 0.728. The van der Waals surface area contributed by atoms with Gasteiger partial charge in [0.2, 0.25) is 0 Å². The normalized spacial score (nSPS) is 10.8. The van der Waals surface area contributed by atoms with Crippen LogP contribution in [0.3, 0.4) is 0 Å². The van der Waals surface area contributed by atoms with Crippen LogP contribution in [0.5, 0.6) is 0 Å². The fourth-order valence-corrected chi connectivity index (χ4v) is 2.72. The molecule has 1 N–H and O–H groups in total. The average Bonchev–Trinajstić information content (AvgIpc) is 2.90. The van der Waals surface area contributed by atoms with E-state index in [2.05, 4.69) is 22.1 Å². The fourth-order valence-electron chi connectivity index (χ4n) is 2.24. The second-order valence-corrected chi connectivity index (χ2v) is 5.77. The lowest BCUT2D eigenvalue weighted by atomic mass is 10.1. The highest BCUT2D eigenvalue weighted by Gasteiger charge is 2.06. The van der Waals surface area contributed by atoms with Crippen LogP contribution in [0, 0.1) is 0 Å². The maximum Gasteiger partial charge on any atom is 0.110 e. The molecule has 0 saturated heterocycles. The molecule has 0 fully saturated rings. The molecule has 0 saturated carbocycles. The van der Waals surface area contributed by atoms with Crippen molar-refractivity contribution >= 4 is 23.2 Å². The van der Waals surface area contributed by atoms with Crippen molar-refractivity contribution in [2.45, 2.75) is 12.8 Å². The van der Waals surface area contributed by atoms with E-state index in [1.54, 1.807) is 6.07 Å². The molecule has 3 rings (SSSR count). The van der Waals surface area contributed by atoms with Crippen molar-refractivity contribution in [2.24, 2.45) is 0 Å². The monoisotopic (exact) mass is 316 g/mol. The number of hydrogen-bond donors (Lipinski definition) is 1. The van der Waals surface area contributed by atoms with Crippen molar-refractivity contribution in [1.82, 2.24) is 9.97 Å². The van der Waals surface area contributed by atoms with Gasteiger partial charge in [-0.3, -0.25) is 0 Å². The Labute approximate surface area is 133 Å². The van der Waals surface area contributed by atoms with Crippen molar-refractivity contribution in [1.29, 1.82) is 0 Å². The van der Waals surface area contributed by atoms with Crippen molar-refractivity contribution in [2.75, 3.05) is 0 Å². The van der Waals surface area contributed by atoms with Gasteiger partial charge in [0.15, 0.2) is 0 Å². The van der Waals surface area contributed by atoms with Crippen molar-refractivity contribution in [3.63, 3.8) is 0 Å². The minimum Gasteiger partial charge on any atom is -0.345 e. The Morgan fingerprint density at radius 3 is 2.52 bits per heavy atom. The Bertz CT molecular complexity index is 736. The van der Waals surface area contributed by atoms with Gasteiger partial charge in [-0.25, -0.2) is 4.98 Å². The van der Waals surface area contributed by atoms with Gasteiger partial charge in [-0.2, -0.15) is 0 Å². The van der Waals surface area contributed by atoms with Crippen molar-refractivity contribution in [3.8, 4) is 0 Å². The molecule has 0 aliphatic heterocycles. The number of rotatable bonds is 4. The summed E-state index contributed by atoms with van der Waals surface area (Å²) in [7, 11) is 0. The molecule has 0 radical (unpaired) electrons. The number of nitrogens with one attached hydrogen (secondary N) is 1. The summed E-state index contributed by atoms with van der Waals surface area (Å²) in [6.45, 7) is 0. The lowest BCUT2D eigenvalue weighted by molar-refractivity contribution is 1.000. The van der Waals surface area contributed by atoms with E-state index in [1.807, 2.05) is 36.5 Å². The van der Waals surface area contributed by atoms with Gasteiger partial charge >= 0.3 is 0 Å². The molecule has 1 heterocycles. The molecule has 0 aliphatic rings. The average molecular weight is 317 g/mol. The minimum atomic E-state index is 0.651. The lowest BCUT2D eigenvalue weighted by Gasteiger charge is -2.03. The predicted molar refractivity (Wildman–Crippen MR) is 87.1 cm³/mol. The molecule has 0 aliphatic carbocycles. The molecule has 4 heteroatoms. The van der Waals surface area contributed by atoms with Crippen LogP contribution in [0.1, 0.15) is 22.6 Å². The van der Waals surface area contributed by atoms with Gasteiger partial charge in [0.05, 0.1) is 0 Å². The molecule has 0 bridgehead atoms. The Morgan fingerprint density at radius 1 is 0.952 bits per heavy atom. The minimum absolute atomic E-state index is 0.651. The number of imidazole rings is 1. The standard InChI is InChI=1S/C17H14Cl2N2/c18-14-7-6-13(16(19)10-14)9-15-11-20-17(21-15)8-12-4-2-1-3-5-12/h1-7,10-11H,8-9H2,(H,20,21). The summed E-state index contributed by atoms with van der Waals surface area (Å²) < 4.78 is 0. The first-order chi connectivity index (χ1) is 10.2. The van der Waals surface area contributed by atoms with E-state index >= 15 is 0 Å². The molecule has 106 valence electrons. The maximum absolute atomic E-state index is 6.20. The number of nitrogens with zero attached hydrogens (tertiary/aromatic N) is 1. The summed E-state index contributed by atoms with van der Waals surface area (Å²) in [5.41, 5.74) is 3.32. The van der Waals surface area contributed by atoms with Crippen LogP contribution in [-0.2, 0) is 12.8 Å². The zero-order valence-electron chi connectivity index (χ0n) is 11.3. The first kappa shape index (κ1) is 14.2. The fraction of sp³-hybridized carbons (Fsp3) is 0.118. The highest BCUT2D eigenvalue weighted by molar-refractivity contribution is 6.35. The van der Waals surface area contributed by atoms with Crippen molar-refractivity contribution < 1.29 is 0 Å². The summed E-state index contributed by atoms with van der Waals surface area (Å²) in [6.07, 6.45) is 3.39. The van der Waals surface area contributed by atoms with Crippen LogP contribution >= 0.6 is 23.2 Å². The molecule has 1 aromatic heterocycles. The molecule has 3 aromatic rings. The lowest BCUT2D eigenvalue weighted by Crippen LogP contribution is -1.93. The van der Waals surface area contributed by atoms with E-state index in [1.165, 1.54) is 5.56 Å². The highest BCUT2D eigenvalue weighted by Crippen LogP contribution is 2.23. The number of benzene rings is 2. The van der Waals surface area contributed by atoms with Crippen molar-refractivity contribution in [3.05, 3.63) is 87.4 Å². The summed E-state index contributed by atoms with van der Waals surface area (Å²) in [5, 5.41) is 1.33. The molecule has 21 heavy (non-hydrogen) atoms. The SMILES string of the molecule is Clc1ccc(Cc2cnc(Cc3ccccc3)[nH]2)c(Cl)c1. The summed E-state index contributed by atoms with van der Waals surface area (Å²) >= 11 is 12.1. The van der Waals surface area contributed by atoms with Gasteiger partial charge in [0.25, 0.3) is 0 Å². The molecule has 0 unspecified atom stereocenters. The van der Waals surface area contributed by atoms with E-state index in [-0.39, 0.29) is 0 Å². The number of H-pyrrole nitrogens is 1. The Hall–Kier alpha value is -1.77. The van der Waals surface area contributed by atoms with Gasteiger partial charge in [0.1, 0.15) is 5.82 Å². The number of halogens is 2. The second-order valence-electron chi connectivity index (χ2n) is 4.93. The van der Waals surface area contributed by atoms with E-state index in [0.717, 1.165) is 29.9 Å². The number of aromatic nitrogens is 2. The zero-order valence-corrected chi connectivity index (χ0v) is 12.8. The van der Waals surface area contributed by atoms with Gasteiger partial charge in [0, 0.05) is 34.8 Å². The van der Waals surface area contributed by atoms with Gasteiger partial charge in [-0.15, -0.1) is 0 Å². The molecule has 2 aromatic carbocycles. The third-order valence-electron chi connectivity index (χ3n) is 3.29. The van der Waals surface area contributed by atoms with Gasteiger partial charge < -0.3 is 4.98 Å². The zero-order chi connectivity index (χ0) is 14.7. The first-order valence-electron chi connectivity index (χ1n) is 6.71. The summed E-state index contributed by atoms with van der Waals surface area (Å²) in [4.78, 5) is 7.78. The molecule has 0 atom stereocenters. The molecule has 0 amide bonds. The molecular formula is C17H14Cl2N2. The third kappa shape index (κ3) is 3.66. The third-order valence-corrected chi connectivity index (χ3v) is 3.88. The van der Waals surface area contributed by atoms with Gasteiger partial charge in [-0.05, 0) is 23.3 Å². The Balaban J connectivity index is 1.73.